The van der Waals surface area contributed by atoms with Crippen molar-refractivity contribution < 1.29 is 13.6 Å². The molecule has 1 aromatic heterocycles. The zero-order valence-electron chi connectivity index (χ0n) is 7.95. The fraction of sp³-hybridized carbons (Fsp3) is 0. The summed E-state index contributed by atoms with van der Waals surface area (Å²) in [5.74, 6) is -1.67. The second kappa shape index (κ2) is 4.06. The zero-order valence-corrected chi connectivity index (χ0v) is 8.71. The van der Waals surface area contributed by atoms with E-state index in [1.54, 1.807) is 12.1 Å². The van der Waals surface area contributed by atoms with Gasteiger partial charge in [0.1, 0.15) is 5.69 Å². The second-order valence-corrected chi connectivity index (χ2v) is 3.50. The Morgan fingerprint density at radius 2 is 1.62 bits per heavy atom. The maximum atomic E-state index is 13.6. The van der Waals surface area contributed by atoms with Gasteiger partial charge in [-0.2, -0.15) is 0 Å². The molecule has 1 heterocycles. The highest BCUT2D eigenvalue weighted by molar-refractivity contribution is 6.67. The maximum Gasteiger partial charge on any atom is 0.252 e. The van der Waals surface area contributed by atoms with Gasteiger partial charge in [-0.15, -0.1) is 0 Å². The quantitative estimate of drug-likeness (QED) is 0.741. The molecular weight excluding hydrogens is 236 g/mol. The number of carbonyl (C=O) groups is 1. The lowest BCUT2D eigenvalue weighted by Crippen LogP contribution is -2.02. The van der Waals surface area contributed by atoms with Crippen LogP contribution < -0.4 is 0 Å². The van der Waals surface area contributed by atoms with E-state index in [0.717, 1.165) is 12.1 Å². The van der Waals surface area contributed by atoms with E-state index in [-0.39, 0.29) is 11.3 Å². The maximum absolute atomic E-state index is 13.6. The van der Waals surface area contributed by atoms with Crippen LogP contribution in [-0.4, -0.2) is 9.81 Å². The smallest absolute Gasteiger partial charge is 0.252 e. The average molecular weight is 242 g/mol. The molecule has 0 fully saturated rings. The third kappa shape index (κ3) is 1.84. The largest absolute Gasteiger partial charge is 0.319 e. The molecule has 2 aromatic rings. The minimum atomic E-state index is -0.892. The molecule has 0 saturated heterocycles. The van der Waals surface area contributed by atoms with Crippen molar-refractivity contribution in [2.24, 2.45) is 0 Å². The van der Waals surface area contributed by atoms with Crippen molar-refractivity contribution in [3.8, 4) is 5.69 Å². The van der Waals surface area contributed by atoms with Gasteiger partial charge in [-0.25, -0.2) is 8.78 Å². The number of hydrogen-bond acceptors (Lipinski definition) is 1. The summed E-state index contributed by atoms with van der Waals surface area (Å²) in [7, 11) is 0. The van der Waals surface area contributed by atoms with Crippen LogP contribution in [0.5, 0.6) is 0 Å². The minimum absolute atomic E-state index is 0.201. The number of halogens is 3. The van der Waals surface area contributed by atoms with Gasteiger partial charge in [-0.1, -0.05) is 0 Å². The highest BCUT2D eigenvalue weighted by Gasteiger charge is 2.14. The Morgan fingerprint density at radius 3 is 2.06 bits per heavy atom. The van der Waals surface area contributed by atoms with E-state index in [2.05, 4.69) is 0 Å². The van der Waals surface area contributed by atoms with E-state index < -0.39 is 16.9 Å². The summed E-state index contributed by atoms with van der Waals surface area (Å²) in [6.45, 7) is 0. The lowest BCUT2D eigenvalue weighted by atomic mass is 10.2. The van der Waals surface area contributed by atoms with Crippen LogP contribution in [0.1, 0.15) is 10.4 Å². The van der Waals surface area contributed by atoms with Crippen molar-refractivity contribution in [3.63, 3.8) is 0 Å². The van der Waals surface area contributed by atoms with Crippen LogP contribution in [0.2, 0.25) is 0 Å². The number of carbonyl (C=O) groups excluding carboxylic acids is 1. The summed E-state index contributed by atoms with van der Waals surface area (Å²) < 4.78 is 28.4. The van der Waals surface area contributed by atoms with Gasteiger partial charge in [-0.3, -0.25) is 4.79 Å². The first-order valence-corrected chi connectivity index (χ1v) is 4.79. The Morgan fingerprint density at radius 1 is 1.12 bits per heavy atom. The molecule has 0 amide bonds. The number of aromatic nitrogens is 1. The predicted octanol–water partition coefficient (Wildman–Crippen LogP) is 3.13. The molecule has 1 aromatic carbocycles. The van der Waals surface area contributed by atoms with Crippen LogP contribution >= 0.6 is 11.6 Å². The molecular formula is C11H6ClF2NO. The SMILES string of the molecule is O=C(Cl)c1cc(F)c(-n2cccc2)c(F)c1. The Hall–Kier alpha value is -1.68. The zero-order chi connectivity index (χ0) is 11.7. The molecule has 5 heteroatoms. The van der Waals surface area contributed by atoms with E-state index in [9.17, 15) is 13.6 Å². The molecule has 0 atom stereocenters. The van der Waals surface area contributed by atoms with Gasteiger partial charge in [0, 0.05) is 18.0 Å². The third-order valence-electron chi connectivity index (χ3n) is 2.11. The highest BCUT2D eigenvalue weighted by atomic mass is 35.5. The van der Waals surface area contributed by atoms with E-state index in [1.807, 2.05) is 0 Å². The van der Waals surface area contributed by atoms with Gasteiger partial charge in [-0.05, 0) is 35.9 Å². The Labute approximate surface area is 95.1 Å². The van der Waals surface area contributed by atoms with Gasteiger partial charge in [0.05, 0.1) is 0 Å². The summed E-state index contributed by atoms with van der Waals surface area (Å²) in [6, 6.07) is 5.10. The minimum Gasteiger partial charge on any atom is -0.319 e. The Balaban J connectivity index is 2.61. The van der Waals surface area contributed by atoms with E-state index >= 15 is 0 Å². The standard InChI is InChI=1S/C11H6ClF2NO/c12-11(16)7-5-8(13)10(9(14)6-7)15-3-1-2-4-15/h1-6H. The normalized spacial score (nSPS) is 10.4. The first-order chi connectivity index (χ1) is 7.59. The first kappa shape index (κ1) is 10.8. The van der Waals surface area contributed by atoms with E-state index in [0.29, 0.717) is 0 Å². The van der Waals surface area contributed by atoms with Crippen molar-refractivity contribution in [1.29, 1.82) is 0 Å². The Kier molecular flexibility index (Phi) is 2.75. The van der Waals surface area contributed by atoms with Crippen LogP contribution in [-0.2, 0) is 0 Å². The van der Waals surface area contributed by atoms with Gasteiger partial charge >= 0.3 is 0 Å². The van der Waals surface area contributed by atoms with Gasteiger partial charge < -0.3 is 4.57 Å². The molecule has 0 bridgehead atoms. The van der Waals surface area contributed by atoms with Gasteiger partial charge in [0.25, 0.3) is 5.24 Å². The lowest BCUT2D eigenvalue weighted by Gasteiger charge is -2.07. The number of hydrogen-bond donors (Lipinski definition) is 0. The van der Waals surface area contributed by atoms with Crippen LogP contribution in [0, 0.1) is 11.6 Å². The first-order valence-electron chi connectivity index (χ1n) is 4.42. The molecule has 82 valence electrons. The topological polar surface area (TPSA) is 22.0 Å². The van der Waals surface area contributed by atoms with Crippen molar-refractivity contribution in [2.45, 2.75) is 0 Å². The molecule has 0 saturated carbocycles. The monoisotopic (exact) mass is 241 g/mol. The number of benzene rings is 1. The van der Waals surface area contributed by atoms with E-state index in [4.69, 9.17) is 11.6 Å². The van der Waals surface area contributed by atoms with Crippen LogP contribution in [0.4, 0.5) is 8.78 Å². The van der Waals surface area contributed by atoms with E-state index in [1.165, 1.54) is 17.0 Å². The number of rotatable bonds is 2. The molecule has 0 N–H and O–H groups in total. The third-order valence-corrected chi connectivity index (χ3v) is 2.32. The molecule has 2 rings (SSSR count). The second-order valence-electron chi connectivity index (χ2n) is 3.15. The summed E-state index contributed by atoms with van der Waals surface area (Å²) in [5, 5.41) is -0.892. The fourth-order valence-corrected chi connectivity index (χ4v) is 1.52. The highest BCUT2D eigenvalue weighted by Crippen LogP contribution is 2.20. The van der Waals surface area contributed by atoms with Crippen LogP contribution in [0.15, 0.2) is 36.7 Å². The molecule has 0 aliphatic rings. The van der Waals surface area contributed by atoms with Gasteiger partial charge in [0.2, 0.25) is 0 Å². The molecule has 0 spiro atoms. The van der Waals surface area contributed by atoms with Gasteiger partial charge in [0.15, 0.2) is 11.6 Å². The summed E-state index contributed by atoms with van der Waals surface area (Å²) >= 11 is 5.15. The Bertz CT molecular complexity index is 514. The fourth-order valence-electron chi connectivity index (χ4n) is 1.41. The van der Waals surface area contributed by atoms with Crippen molar-refractivity contribution in [1.82, 2.24) is 4.57 Å². The molecule has 0 radical (unpaired) electrons. The molecule has 0 unspecified atom stereocenters. The molecule has 2 nitrogen and oxygen atoms in total. The van der Waals surface area contributed by atoms with Crippen molar-refractivity contribution in [3.05, 3.63) is 53.9 Å². The molecule has 0 aliphatic heterocycles. The van der Waals surface area contributed by atoms with Crippen molar-refractivity contribution in [2.75, 3.05) is 0 Å². The average Bonchev–Trinajstić information content (AvgIpc) is 2.69. The van der Waals surface area contributed by atoms with Crippen LogP contribution in [0.25, 0.3) is 5.69 Å². The lowest BCUT2D eigenvalue weighted by molar-refractivity contribution is 0.108. The number of nitrogens with zero attached hydrogens (tertiary/aromatic N) is 1. The molecule has 0 aliphatic carbocycles. The van der Waals surface area contributed by atoms with Crippen molar-refractivity contribution >= 4 is 16.8 Å². The predicted molar refractivity (Wildman–Crippen MR) is 55.9 cm³/mol. The van der Waals surface area contributed by atoms with Crippen LogP contribution in [0.3, 0.4) is 0 Å². The molecule has 16 heavy (non-hydrogen) atoms. The summed E-state index contributed by atoms with van der Waals surface area (Å²) in [6.07, 6.45) is 3.01. The summed E-state index contributed by atoms with van der Waals surface area (Å²) in [4.78, 5) is 10.8. The summed E-state index contributed by atoms with van der Waals surface area (Å²) in [5.41, 5.74) is -0.431.